The molecular weight excluding hydrogens is 198 g/mol. The van der Waals surface area contributed by atoms with Crippen molar-refractivity contribution in [2.75, 3.05) is 0 Å². The number of halogens is 1. The number of carbonyl (C=O) groups excluding carboxylic acids is 1. The summed E-state index contributed by atoms with van der Waals surface area (Å²) in [5, 5.41) is 2.50. The molecule has 0 aliphatic heterocycles. The van der Waals surface area contributed by atoms with Crippen LogP contribution in [0.2, 0.25) is 5.02 Å². The Morgan fingerprint density at radius 3 is 2.86 bits per heavy atom. The first-order valence-corrected chi connectivity index (χ1v) is 4.45. The summed E-state index contributed by atoms with van der Waals surface area (Å²) < 4.78 is 0. The van der Waals surface area contributed by atoms with Gasteiger partial charge in [-0.3, -0.25) is 0 Å². The third-order valence-electron chi connectivity index (χ3n) is 1.99. The zero-order chi connectivity index (χ0) is 9.97. The van der Waals surface area contributed by atoms with Crippen LogP contribution in [0, 0.1) is 0 Å². The molecule has 0 aromatic heterocycles. The van der Waals surface area contributed by atoms with E-state index in [2.05, 4.69) is 4.99 Å². The fourth-order valence-corrected chi connectivity index (χ4v) is 1.55. The summed E-state index contributed by atoms with van der Waals surface area (Å²) in [5.74, 6) is 0. The van der Waals surface area contributed by atoms with Crippen LogP contribution in [-0.4, -0.2) is 6.08 Å². The Hall–Kier alpha value is -1.63. The Balaban J connectivity index is 2.83. The van der Waals surface area contributed by atoms with Gasteiger partial charge in [-0.05, 0) is 23.6 Å². The lowest BCUT2D eigenvalue weighted by Crippen LogP contribution is -1.73. The first-order valence-electron chi connectivity index (χ1n) is 4.07. The van der Waals surface area contributed by atoms with Crippen molar-refractivity contribution < 1.29 is 4.79 Å². The van der Waals surface area contributed by atoms with Crippen molar-refractivity contribution in [3.63, 3.8) is 0 Å². The van der Waals surface area contributed by atoms with Crippen LogP contribution in [0.15, 0.2) is 41.4 Å². The Kier molecular flexibility index (Phi) is 2.32. The number of benzene rings is 2. The molecule has 0 atom stereocenters. The molecule has 0 radical (unpaired) electrons. The van der Waals surface area contributed by atoms with E-state index in [4.69, 9.17) is 11.6 Å². The number of aliphatic imine (C=N–C) groups is 1. The van der Waals surface area contributed by atoms with E-state index in [0.29, 0.717) is 10.7 Å². The van der Waals surface area contributed by atoms with Gasteiger partial charge in [0.1, 0.15) is 0 Å². The highest BCUT2D eigenvalue weighted by molar-refractivity contribution is 6.31. The Bertz CT molecular complexity index is 530. The van der Waals surface area contributed by atoms with Crippen molar-refractivity contribution in [1.82, 2.24) is 0 Å². The van der Waals surface area contributed by atoms with Crippen molar-refractivity contribution >= 4 is 34.1 Å². The third kappa shape index (κ3) is 1.53. The second-order valence-electron chi connectivity index (χ2n) is 2.85. The van der Waals surface area contributed by atoms with Gasteiger partial charge in [0.15, 0.2) is 0 Å². The highest BCUT2D eigenvalue weighted by atomic mass is 35.5. The van der Waals surface area contributed by atoms with E-state index in [1.165, 1.54) is 6.08 Å². The van der Waals surface area contributed by atoms with Crippen molar-refractivity contribution in [3.05, 3.63) is 41.4 Å². The van der Waals surface area contributed by atoms with Crippen LogP contribution in [0.5, 0.6) is 0 Å². The molecule has 0 aliphatic carbocycles. The van der Waals surface area contributed by atoms with Crippen molar-refractivity contribution in [2.45, 2.75) is 0 Å². The molecule has 0 aliphatic rings. The third-order valence-corrected chi connectivity index (χ3v) is 2.22. The summed E-state index contributed by atoms with van der Waals surface area (Å²) in [4.78, 5) is 13.8. The second-order valence-corrected chi connectivity index (χ2v) is 3.28. The van der Waals surface area contributed by atoms with Gasteiger partial charge in [-0.25, -0.2) is 4.79 Å². The van der Waals surface area contributed by atoms with Crippen LogP contribution in [-0.2, 0) is 4.79 Å². The smallest absolute Gasteiger partial charge is 0.211 e. The second kappa shape index (κ2) is 3.62. The molecule has 14 heavy (non-hydrogen) atoms. The Morgan fingerprint density at radius 1 is 1.21 bits per heavy atom. The first kappa shape index (κ1) is 8.95. The lowest BCUT2D eigenvalue weighted by molar-refractivity contribution is 0.565. The minimum Gasteiger partial charge on any atom is -0.211 e. The van der Waals surface area contributed by atoms with E-state index in [9.17, 15) is 4.79 Å². The largest absolute Gasteiger partial charge is 0.240 e. The van der Waals surface area contributed by atoms with Crippen molar-refractivity contribution in [2.24, 2.45) is 4.99 Å². The average Bonchev–Trinajstić information content (AvgIpc) is 2.19. The van der Waals surface area contributed by atoms with E-state index in [1.54, 1.807) is 18.2 Å². The van der Waals surface area contributed by atoms with Crippen LogP contribution < -0.4 is 0 Å². The van der Waals surface area contributed by atoms with Gasteiger partial charge in [-0.2, -0.15) is 4.99 Å². The Morgan fingerprint density at radius 2 is 2.07 bits per heavy atom. The van der Waals surface area contributed by atoms with E-state index in [1.807, 2.05) is 18.2 Å². The quantitative estimate of drug-likeness (QED) is 0.516. The maximum Gasteiger partial charge on any atom is 0.240 e. The highest BCUT2D eigenvalue weighted by Crippen LogP contribution is 2.27. The number of rotatable bonds is 1. The van der Waals surface area contributed by atoms with Gasteiger partial charge in [-0.15, -0.1) is 0 Å². The molecule has 2 rings (SSSR count). The topological polar surface area (TPSA) is 29.4 Å². The molecule has 68 valence electrons. The lowest BCUT2D eigenvalue weighted by Gasteiger charge is -2.00. The summed E-state index contributed by atoms with van der Waals surface area (Å²) in [7, 11) is 0. The van der Waals surface area contributed by atoms with E-state index >= 15 is 0 Å². The van der Waals surface area contributed by atoms with Crippen molar-refractivity contribution in [1.29, 1.82) is 0 Å². The zero-order valence-electron chi connectivity index (χ0n) is 7.20. The SMILES string of the molecule is O=C=Nc1cccc2ccc(Cl)cc12. The van der Waals surface area contributed by atoms with Crippen LogP contribution in [0.3, 0.4) is 0 Å². The maximum absolute atomic E-state index is 10.2. The highest BCUT2D eigenvalue weighted by Gasteiger charge is 1.99. The van der Waals surface area contributed by atoms with Crippen LogP contribution in [0.1, 0.15) is 0 Å². The summed E-state index contributed by atoms with van der Waals surface area (Å²) >= 11 is 5.85. The number of nitrogens with zero attached hydrogens (tertiary/aromatic N) is 1. The maximum atomic E-state index is 10.2. The molecule has 0 fully saturated rings. The molecule has 0 saturated heterocycles. The van der Waals surface area contributed by atoms with Gasteiger partial charge in [-0.1, -0.05) is 29.8 Å². The standard InChI is InChI=1S/C11H6ClNO/c12-9-5-4-8-2-1-3-11(13-7-14)10(8)6-9/h1-6H. The van der Waals surface area contributed by atoms with Gasteiger partial charge < -0.3 is 0 Å². The molecule has 0 heterocycles. The summed E-state index contributed by atoms with van der Waals surface area (Å²) in [6.45, 7) is 0. The molecule has 2 aromatic carbocycles. The first-order chi connectivity index (χ1) is 6.81. The van der Waals surface area contributed by atoms with E-state index in [-0.39, 0.29) is 0 Å². The number of fused-ring (bicyclic) bond motifs is 1. The summed E-state index contributed by atoms with van der Waals surface area (Å²) in [6.07, 6.45) is 1.53. The van der Waals surface area contributed by atoms with Gasteiger partial charge in [0, 0.05) is 10.4 Å². The van der Waals surface area contributed by atoms with Crippen molar-refractivity contribution in [3.8, 4) is 0 Å². The predicted octanol–water partition coefficient (Wildman–Crippen LogP) is 3.46. The minimum absolute atomic E-state index is 0.597. The number of isocyanates is 1. The minimum atomic E-state index is 0.597. The van der Waals surface area contributed by atoms with E-state index < -0.39 is 0 Å². The molecule has 0 unspecified atom stereocenters. The average molecular weight is 204 g/mol. The molecule has 2 nitrogen and oxygen atoms in total. The fraction of sp³-hybridized carbons (Fsp3) is 0. The molecule has 2 aromatic rings. The van der Waals surface area contributed by atoms with Gasteiger partial charge in [0.05, 0.1) is 5.69 Å². The van der Waals surface area contributed by atoms with Gasteiger partial charge in [0.25, 0.3) is 0 Å². The number of hydrogen-bond acceptors (Lipinski definition) is 2. The molecule has 0 amide bonds. The Labute approximate surface area is 85.8 Å². The molecule has 0 N–H and O–H groups in total. The monoisotopic (exact) mass is 203 g/mol. The fourth-order valence-electron chi connectivity index (χ4n) is 1.38. The molecule has 3 heteroatoms. The van der Waals surface area contributed by atoms with Gasteiger partial charge >= 0.3 is 0 Å². The van der Waals surface area contributed by atoms with Crippen LogP contribution in [0.25, 0.3) is 10.8 Å². The molecule has 0 bridgehead atoms. The van der Waals surface area contributed by atoms with Gasteiger partial charge in [0.2, 0.25) is 6.08 Å². The zero-order valence-corrected chi connectivity index (χ0v) is 7.95. The summed E-state index contributed by atoms with van der Waals surface area (Å²) in [5.41, 5.74) is 0.597. The predicted molar refractivity (Wildman–Crippen MR) is 56.7 cm³/mol. The lowest BCUT2D eigenvalue weighted by atomic mass is 10.1. The molecule has 0 saturated carbocycles. The molecule has 0 spiro atoms. The normalized spacial score (nSPS) is 9.79. The van der Waals surface area contributed by atoms with E-state index in [0.717, 1.165) is 10.8 Å². The number of hydrogen-bond donors (Lipinski definition) is 0. The summed E-state index contributed by atoms with van der Waals surface area (Å²) in [6, 6.07) is 11.0. The van der Waals surface area contributed by atoms with Crippen LogP contribution in [0.4, 0.5) is 5.69 Å². The molecular formula is C11H6ClNO. The van der Waals surface area contributed by atoms with Crippen LogP contribution >= 0.6 is 11.6 Å².